The summed E-state index contributed by atoms with van der Waals surface area (Å²) in [6.07, 6.45) is 0.0441. The van der Waals surface area contributed by atoms with Gasteiger partial charge in [0, 0.05) is 18.5 Å². The van der Waals surface area contributed by atoms with Crippen molar-refractivity contribution in [3.8, 4) is 0 Å². The van der Waals surface area contributed by atoms with Crippen LogP contribution in [0.4, 0.5) is 8.78 Å². The highest BCUT2D eigenvalue weighted by Gasteiger charge is 2.24. The van der Waals surface area contributed by atoms with E-state index in [0.29, 0.717) is 0 Å². The van der Waals surface area contributed by atoms with Crippen LogP contribution < -0.4 is 5.32 Å². The van der Waals surface area contributed by atoms with Crippen molar-refractivity contribution in [1.29, 1.82) is 0 Å². The normalized spacial score (nSPS) is 11.4. The van der Waals surface area contributed by atoms with Crippen LogP contribution in [-0.4, -0.2) is 31.1 Å². The third kappa shape index (κ3) is 4.58. The molecule has 1 amide bonds. The highest BCUT2D eigenvalue weighted by Crippen LogP contribution is 2.17. The summed E-state index contributed by atoms with van der Waals surface area (Å²) in [5, 5.41) is 8.95. The Kier molecular flexibility index (Phi) is 5.78. The first kappa shape index (κ1) is 19.6. The molecule has 2 aromatic carbocycles. The number of halogens is 2. The van der Waals surface area contributed by atoms with Crippen molar-refractivity contribution in [2.24, 2.45) is 0 Å². The Balaban J connectivity index is 1.60. The van der Waals surface area contributed by atoms with Crippen LogP contribution in [0.3, 0.4) is 0 Å². The number of nitrogens with one attached hydrogen (secondary N) is 1. The Morgan fingerprint density at radius 3 is 2.39 bits per heavy atom. The van der Waals surface area contributed by atoms with E-state index in [9.17, 15) is 22.0 Å². The molecular weight excluding hydrogens is 392 g/mol. The molecule has 1 N–H and O–H groups in total. The fourth-order valence-corrected chi connectivity index (χ4v) is 3.53. The van der Waals surface area contributed by atoms with E-state index in [4.69, 9.17) is 4.42 Å². The van der Waals surface area contributed by atoms with Crippen LogP contribution in [0, 0.1) is 11.6 Å². The van der Waals surface area contributed by atoms with Crippen LogP contribution in [0.2, 0.25) is 0 Å². The Morgan fingerprint density at radius 1 is 1.00 bits per heavy atom. The molecule has 0 saturated heterocycles. The maximum Gasteiger partial charge on any atom is 0.335 e. The third-order valence-electron chi connectivity index (χ3n) is 3.76. The molecule has 0 saturated carbocycles. The van der Waals surface area contributed by atoms with E-state index in [1.165, 1.54) is 42.5 Å². The molecule has 0 atom stereocenters. The van der Waals surface area contributed by atoms with Gasteiger partial charge in [0.2, 0.25) is 15.7 Å². The zero-order valence-corrected chi connectivity index (χ0v) is 15.2. The van der Waals surface area contributed by atoms with E-state index < -0.39 is 38.4 Å². The minimum Gasteiger partial charge on any atom is -0.412 e. The van der Waals surface area contributed by atoms with E-state index in [1.54, 1.807) is 0 Å². The molecular formula is C18H15F2N3O4S. The van der Waals surface area contributed by atoms with Crippen molar-refractivity contribution >= 4 is 15.7 Å². The predicted molar refractivity (Wildman–Crippen MR) is 94.0 cm³/mol. The molecule has 0 unspecified atom stereocenters. The van der Waals surface area contributed by atoms with Crippen LogP contribution >= 0.6 is 0 Å². The number of carbonyl (C=O) groups is 1. The first-order valence-electron chi connectivity index (χ1n) is 8.18. The van der Waals surface area contributed by atoms with Gasteiger partial charge in [0.1, 0.15) is 11.6 Å². The fraction of sp³-hybridized carbons (Fsp3) is 0.167. The lowest BCUT2D eigenvalue weighted by atomic mass is 10.2. The third-order valence-corrected chi connectivity index (χ3v) is 5.15. The second kappa shape index (κ2) is 8.26. The van der Waals surface area contributed by atoms with Gasteiger partial charge in [-0.3, -0.25) is 4.79 Å². The van der Waals surface area contributed by atoms with Gasteiger partial charge < -0.3 is 9.73 Å². The second-order valence-corrected chi connectivity index (χ2v) is 7.67. The molecule has 1 aromatic heterocycles. The molecule has 0 aliphatic heterocycles. The Morgan fingerprint density at radius 2 is 1.68 bits per heavy atom. The summed E-state index contributed by atoms with van der Waals surface area (Å²) in [4.78, 5) is 11.9. The van der Waals surface area contributed by atoms with Gasteiger partial charge in [0.05, 0.1) is 11.3 Å². The lowest BCUT2D eigenvalue weighted by molar-refractivity contribution is 0.0949. The molecule has 0 radical (unpaired) electrons. The van der Waals surface area contributed by atoms with Crippen molar-refractivity contribution < 1.29 is 26.4 Å². The van der Waals surface area contributed by atoms with Crippen molar-refractivity contribution in [3.63, 3.8) is 0 Å². The molecule has 3 aromatic rings. The summed E-state index contributed by atoms with van der Waals surface area (Å²) in [5.41, 5.74) is -0.124. The lowest BCUT2D eigenvalue weighted by Crippen LogP contribution is -2.26. The van der Waals surface area contributed by atoms with E-state index in [1.807, 2.05) is 0 Å². The highest BCUT2D eigenvalue weighted by atomic mass is 32.2. The molecule has 3 rings (SSSR count). The van der Waals surface area contributed by atoms with E-state index >= 15 is 0 Å². The molecule has 0 spiro atoms. The van der Waals surface area contributed by atoms with Crippen LogP contribution in [0.25, 0.3) is 0 Å². The van der Waals surface area contributed by atoms with Crippen molar-refractivity contribution in [2.75, 3.05) is 6.54 Å². The van der Waals surface area contributed by atoms with Crippen molar-refractivity contribution in [3.05, 3.63) is 77.2 Å². The SMILES string of the molecule is O=C(NCCc1nnc(S(=O)(=O)Cc2ccccc2F)o1)c1ccccc1F. The zero-order valence-electron chi connectivity index (χ0n) is 14.4. The maximum absolute atomic E-state index is 13.7. The number of sulfone groups is 1. The van der Waals surface area contributed by atoms with Gasteiger partial charge in [0.25, 0.3) is 5.91 Å². The van der Waals surface area contributed by atoms with Gasteiger partial charge >= 0.3 is 5.22 Å². The van der Waals surface area contributed by atoms with E-state index in [-0.39, 0.29) is 30.0 Å². The summed E-state index contributed by atoms with van der Waals surface area (Å²) in [7, 11) is -4.02. The van der Waals surface area contributed by atoms with Gasteiger partial charge in [-0.05, 0) is 18.2 Å². The summed E-state index contributed by atoms with van der Waals surface area (Å²) in [6, 6.07) is 11.0. The Hall–Kier alpha value is -3.14. The number of carbonyl (C=O) groups excluding carboxylic acids is 1. The summed E-state index contributed by atoms with van der Waals surface area (Å²) in [5.74, 6) is -2.57. The average Bonchev–Trinajstić information content (AvgIpc) is 3.14. The zero-order chi connectivity index (χ0) is 20.1. The van der Waals surface area contributed by atoms with Crippen LogP contribution in [0.15, 0.2) is 58.2 Å². The standard InChI is InChI=1S/C18H15F2N3O4S/c19-14-7-3-1-5-12(14)11-28(25,26)18-23-22-16(27-18)9-10-21-17(24)13-6-2-4-8-15(13)20/h1-8H,9-11H2,(H,21,24). The fourth-order valence-electron chi connectivity index (χ4n) is 2.37. The molecule has 0 fully saturated rings. The molecule has 0 aliphatic rings. The van der Waals surface area contributed by atoms with Gasteiger partial charge in [-0.25, -0.2) is 17.2 Å². The first-order valence-corrected chi connectivity index (χ1v) is 9.83. The van der Waals surface area contributed by atoms with Crippen LogP contribution in [0.1, 0.15) is 21.8 Å². The molecule has 146 valence electrons. The quantitative estimate of drug-likeness (QED) is 0.645. The number of nitrogens with zero attached hydrogens (tertiary/aromatic N) is 2. The van der Waals surface area contributed by atoms with Crippen LogP contribution in [0.5, 0.6) is 0 Å². The van der Waals surface area contributed by atoms with Gasteiger partial charge in [-0.2, -0.15) is 0 Å². The number of amides is 1. The Labute approximate surface area is 159 Å². The molecule has 0 aliphatic carbocycles. The summed E-state index contributed by atoms with van der Waals surface area (Å²) >= 11 is 0. The number of hydrogen-bond acceptors (Lipinski definition) is 6. The van der Waals surface area contributed by atoms with Crippen LogP contribution in [-0.2, 0) is 22.0 Å². The summed E-state index contributed by atoms with van der Waals surface area (Å²) in [6.45, 7) is 0.0299. The molecule has 0 bridgehead atoms. The van der Waals surface area contributed by atoms with Crippen molar-refractivity contribution in [2.45, 2.75) is 17.4 Å². The second-order valence-electron chi connectivity index (χ2n) is 5.80. The number of aromatic nitrogens is 2. The molecule has 1 heterocycles. The number of benzene rings is 2. The van der Waals surface area contributed by atoms with Gasteiger partial charge in [0.15, 0.2) is 0 Å². The monoisotopic (exact) mass is 407 g/mol. The van der Waals surface area contributed by atoms with E-state index in [2.05, 4.69) is 15.5 Å². The van der Waals surface area contributed by atoms with Gasteiger partial charge in [-0.1, -0.05) is 35.4 Å². The number of hydrogen-bond donors (Lipinski definition) is 1. The average molecular weight is 407 g/mol. The van der Waals surface area contributed by atoms with E-state index in [0.717, 1.165) is 6.07 Å². The lowest BCUT2D eigenvalue weighted by Gasteiger charge is -2.04. The topological polar surface area (TPSA) is 102 Å². The molecule has 7 nitrogen and oxygen atoms in total. The minimum absolute atomic E-state index is 0.0144. The number of rotatable bonds is 7. The Bertz CT molecular complexity index is 1100. The molecule has 28 heavy (non-hydrogen) atoms. The highest BCUT2D eigenvalue weighted by molar-refractivity contribution is 7.90. The van der Waals surface area contributed by atoms with Gasteiger partial charge in [-0.15, -0.1) is 5.10 Å². The smallest absolute Gasteiger partial charge is 0.335 e. The van der Waals surface area contributed by atoms with Crippen molar-refractivity contribution in [1.82, 2.24) is 15.5 Å². The maximum atomic E-state index is 13.7. The minimum atomic E-state index is -4.02. The largest absolute Gasteiger partial charge is 0.412 e. The summed E-state index contributed by atoms with van der Waals surface area (Å²) < 4.78 is 56.9. The molecule has 10 heteroatoms. The predicted octanol–water partition coefficient (Wildman–Crippen LogP) is 2.29. The first-order chi connectivity index (χ1) is 13.4.